The molecule has 160 valence electrons. The zero-order valence-corrected chi connectivity index (χ0v) is 16.9. The van der Waals surface area contributed by atoms with Crippen LogP contribution in [-0.2, 0) is 16.0 Å². The summed E-state index contributed by atoms with van der Waals surface area (Å²) in [7, 11) is -3.85. The molecule has 0 radical (unpaired) electrons. The van der Waals surface area contributed by atoms with Crippen LogP contribution in [0.1, 0.15) is 25.8 Å². The number of fused-ring (bicyclic) bond motifs is 1. The monoisotopic (exact) mass is 441 g/mol. The number of hydrogen-bond donors (Lipinski definition) is 0. The van der Waals surface area contributed by atoms with E-state index in [0.717, 1.165) is 12.1 Å². The van der Waals surface area contributed by atoms with Crippen molar-refractivity contribution in [2.75, 3.05) is 12.4 Å². The van der Waals surface area contributed by atoms with Crippen molar-refractivity contribution in [2.45, 2.75) is 31.3 Å². The molecule has 0 bridgehead atoms. The second-order valence-corrected chi connectivity index (χ2v) is 8.65. The average Bonchev–Trinajstić information content (AvgIpc) is 2.71. The van der Waals surface area contributed by atoms with E-state index in [9.17, 15) is 26.4 Å². The van der Waals surface area contributed by atoms with E-state index in [-0.39, 0.29) is 33.0 Å². The third-order valence-electron chi connectivity index (χ3n) is 4.31. The fourth-order valence-electron chi connectivity index (χ4n) is 2.73. The molecule has 3 aromatic rings. The summed E-state index contributed by atoms with van der Waals surface area (Å²) in [5.41, 5.74) is -1.91. The first kappa shape index (κ1) is 21.8. The zero-order chi connectivity index (χ0) is 22.1. The van der Waals surface area contributed by atoms with Crippen LogP contribution in [-0.4, -0.2) is 35.5 Å². The number of rotatable bonds is 6. The molecule has 3 rings (SSSR count). The highest BCUT2D eigenvalue weighted by molar-refractivity contribution is 7.91. The molecule has 0 aliphatic heterocycles. The standard InChI is InChI=1S/C19H18F3N3O4S/c1-3-7-29-14-9-16(30(27,28)4-2)17(23-11-14)25-18(26)15-8-13(19(20,21)22)6-5-12(15)10-24-25/h5-6,8-11H,3-4,7H2,1-2H3. The molecule has 0 atom stereocenters. The molecule has 2 aromatic heterocycles. The Kier molecular flexibility index (Phi) is 5.84. The van der Waals surface area contributed by atoms with Crippen LogP contribution in [0.2, 0.25) is 0 Å². The fourth-order valence-corrected chi connectivity index (χ4v) is 3.75. The van der Waals surface area contributed by atoms with E-state index in [4.69, 9.17) is 4.74 Å². The minimum atomic E-state index is -4.64. The molecule has 0 spiro atoms. The summed E-state index contributed by atoms with van der Waals surface area (Å²) in [4.78, 5) is 16.6. The van der Waals surface area contributed by atoms with Crippen molar-refractivity contribution < 1.29 is 26.3 Å². The van der Waals surface area contributed by atoms with Crippen molar-refractivity contribution in [3.05, 3.63) is 52.6 Å². The number of alkyl halides is 3. The van der Waals surface area contributed by atoms with Gasteiger partial charge in [-0.1, -0.05) is 19.9 Å². The van der Waals surface area contributed by atoms with Gasteiger partial charge in [0.1, 0.15) is 10.6 Å². The molecule has 2 heterocycles. The fraction of sp³-hybridized carbons (Fsp3) is 0.316. The maximum Gasteiger partial charge on any atom is 0.416 e. The average molecular weight is 441 g/mol. The van der Waals surface area contributed by atoms with Crippen LogP contribution in [0.4, 0.5) is 13.2 Å². The lowest BCUT2D eigenvalue weighted by atomic mass is 10.1. The van der Waals surface area contributed by atoms with Gasteiger partial charge in [0.15, 0.2) is 15.7 Å². The highest BCUT2D eigenvalue weighted by Crippen LogP contribution is 2.31. The van der Waals surface area contributed by atoms with E-state index in [1.165, 1.54) is 25.4 Å². The van der Waals surface area contributed by atoms with Crippen molar-refractivity contribution >= 4 is 20.6 Å². The van der Waals surface area contributed by atoms with E-state index in [1.54, 1.807) is 0 Å². The summed E-state index contributed by atoms with van der Waals surface area (Å²) in [6.45, 7) is 3.63. The van der Waals surface area contributed by atoms with Gasteiger partial charge in [-0.05, 0) is 18.6 Å². The van der Waals surface area contributed by atoms with Crippen LogP contribution in [0.25, 0.3) is 16.6 Å². The molecule has 0 aliphatic rings. The van der Waals surface area contributed by atoms with Crippen LogP contribution < -0.4 is 10.3 Å². The minimum absolute atomic E-state index is 0.187. The largest absolute Gasteiger partial charge is 0.492 e. The maximum atomic E-state index is 13.1. The number of pyridine rings is 1. The van der Waals surface area contributed by atoms with E-state index in [2.05, 4.69) is 10.1 Å². The van der Waals surface area contributed by atoms with Crippen molar-refractivity contribution in [1.29, 1.82) is 0 Å². The molecule has 1 aromatic carbocycles. The second-order valence-electron chi connectivity index (χ2n) is 6.41. The van der Waals surface area contributed by atoms with Gasteiger partial charge in [0, 0.05) is 11.5 Å². The van der Waals surface area contributed by atoms with Gasteiger partial charge in [-0.25, -0.2) is 13.4 Å². The first-order valence-corrected chi connectivity index (χ1v) is 10.7. The van der Waals surface area contributed by atoms with E-state index < -0.39 is 27.1 Å². The lowest BCUT2D eigenvalue weighted by Crippen LogP contribution is -2.25. The summed E-state index contributed by atoms with van der Waals surface area (Å²) < 4.78 is 70.5. The van der Waals surface area contributed by atoms with E-state index in [0.29, 0.717) is 23.8 Å². The Morgan fingerprint density at radius 3 is 2.50 bits per heavy atom. The summed E-state index contributed by atoms with van der Waals surface area (Å²) in [5, 5.41) is 3.85. The topological polar surface area (TPSA) is 91.2 Å². The Labute approximate surface area is 170 Å². The van der Waals surface area contributed by atoms with Gasteiger partial charge in [-0.2, -0.15) is 23.0 Å². The number of benzene rings is 1. The molecule has 0 saturated carbocycles. The van der Waals surface area contributed by atoms with Crippen molar-refractivity contribution in [3.8, 4) is 11.6 Å². The zero-order valence-electron chi connectivity index (χ0n) is 16.1. The van der Waals surface area contributed by atoms with Gasteiger partial charge in [0.25, 0.3) is 5.56 Å². The molecule has 7 nitrogen and oxygen atoms in total. The Morgan fingerprint density at radius 2 is 1.87 bits per heavy atom. The number of hydrogen-bond acceptors (Lipinski definition) is 6. The van der Waals surface area contributed by atoms with Gasteiger partial charge >= 0.3 is 6.18 Å². The summed E-state index contributed by atoms with van der Waals surface area (Å²) >= 11 is 0. The molecular weight excluding hydrogens is 423 g/mol. The summed E-state index contributed by atoms with van der Waals surface area (Å²) in [6.07, 6.45) is -1.53. The number of halogens is 3. The maximum absolute atomic E-state index is 13.1. The van der Waals surface area contributed by atoms with Gasteiger partial charge in [-0.15, -0.1) is 0 Å². The summed E-state index contributed by atoms with van der Waals surface area (Å²) in [6, 6.07) is 3.93. The van der Waals surface area contributed by atoms with Gasteiger partial charge in [0.05, 0.1) is 35.7 Å². The number of aromatic nitrogens is 3. The molecule has 11 heteroatoms. The normalized spacial score (nSPS) is 12.3. The van der Waals surface area contributed by atoms with Crippen LogP contribution >= 0.6 is 0 Å². The van der Waals surface area contributed by atoms with Crippen molar-refractivity contribution in [3.63, 3.8) is 0 Å². The molecule has 0 N–H and O–H groups in total. The molecule has 30 heavy (non-hydrogen) atoms. The third-order valence-corrected chi connectivity index (χ3v) is 6.04. The molecule has 0 unspecified atom stereocenters. The molecular formula is C19H18F3N3O4S. The summed E-state index contributed by atoms with van der Waals surface area (Å²) in [5.74, 6) is -0.384. The lowest BCUT2D eigenvalue weighted by molar-refractivity contribution is -0.137. The second kappa shape index (κ2) is 8.05. The Balaban J connectivity index is 2.26. The first-order valence-electron chi connectivity index (χ1n) is 9.03. The van der Waals surface area contributed by atoms with Crippen molar-refractivity contribution in [1.82, 2.24) is 14.8 Å². The molecule has 0 aliphatic carbocycles. The van der Waals surface area contributed by atoms with Gasteiger partial charge in [-0.3, -0.25) is 4.79 Å². The van der Waals surface area contributed by atoms with Crippen molar-refractivity contribution in [2.24, 2.45) is 0 Å². The predicted octanol–water partition coefficient (Wildman–Crippen LogP) is 3.38. The number of ether oxygens (including phenoxy) is 1. The molecule has 0 saturated heterocycles. The number of nitrogens with zero attached hydrogens (tertiary/aromatic N) is 3. The Bertz CT molecular complexity index is 1250. The lowest BCUT2D eigenvalue weighted by Gasteiger charge is -2.13. The first-order chi connectivity index (χ1) is 14.1. The van der Waals surface area contributed by atoms with E-state index >= 15 is 0 Å². The molecule has 0 amide bonds. The predicted molar refractivity (Wildman–Crippen MR) is 104 cm³/mol. The SMILES string of the molecule is CCCOc1cnc(-n2ncc3ccc(C(F)(F)F)cc3c2=O)c(S(=O)(=O)CC)c1. The van der Waals surface area contributed by atoms with Crippen LogP contribution in [0, 0.1) is 0 Å². The third kappa shape index (κ3) is 4.16. The Morgan fingerprint density at radius 1 is 1.13 bits per heavy atom. The van der Waals surface area contributed by atoms with Crippen LogP contribution in [0.15, 0.2) is 46.3 Å². The van der Waals surface area contributed by atoms with Gasteiger partial charge < -0.3 is 4.74 Å². The Hall–Kier alpha value is -2.95. The quantitative estimate of drug-likeness (QED) is 0.583. The van der Waals surface area contributed by atoms with Crippen LogP contribution in [0.3, 0.4) is 0 Å². The van der Waals surface area contributed by atoms with Crippen LogP contribution in [0.5, 0.6) is 5.75 Å². The smallest absolute Gasteiger partial charge is 0.416 e. The highest BCUT2D eigenvalue weighted by atomic mass is 32.2. The van der Waals surface area contributed by atoms with E-state index in [1.807, 2.05) is 6.92 Å². The van der Waals surface area contributed by atoms with Gasteiger partial charge in [0.2, 0.25) is 0 Å². The number of sulfone groups is 1. The minimum Gasteiger partial charge on any atom is -0.492 e. The molecule has 0 fully saturated rings. The highest BCUT2D eigenvalue weighted by Gasteiger charge is 2.31.